The molecule has 0 aromatic carbocycles. The minimum absolute atomic E-state index is 0.00755. The lowest BCUT2D eigenvalue weighted by Crippen LogP contribution is -2.41. The number of H-pyrrole nitrogens is 1. The van der Waals surface area contributed by atoms with Crippen molar-refractivity contribution in [2.24, 2.45) is 0 Å². The molecule has 1 atom stereocenters. The third-order valence-corrected chi connectivity index (χ3v) is 6.51. The van der Waals surface area contributed by atoms with Crippen molar-refractivity contribution >= 4 is 23.3 Å². The van der Waals surface area contributed by atoms with Gasteiger partial charge < -0.3 is 15.2 Å². The van der Waals surface area contributed by atoms with E-state index < -0.39 is 6.04 Å². The fraction of sp³-hybridized carbons (Fsp3) is 0.538. The number of rotatable bonds is 13. The molecule has 11 heteroatoms. The second-order valence-corrected chi connectivity index (χ2v) is 9.58. The van der Waals surface area contributed by atoms with E-state index in [0.29, 0.717) is 23.9 Å². The standard InChI is InChI=1S/C26H37N8O3/c1-19(35)22(31-26-23(17-27)28-13-16-34(26)37)11-15-33(18-24(36)32(2)3)14-5-4-8-21-10-9-20-7-6-12-29-25(20)30-21/h9-10,13,16,22,31H,4-8,11-12,14-15,18H2,1-3H3,(H,28,37)(H,29,30)/q+1/t22-/m0/s1. The van der Waals surface area contributed by atoms with Crippen molar-refractivity contribution in [2.75, 3.05) is 50.9 Å². The molecule has 0 aliphatic carbocycles. The number of Topliss-reactive ketones (excluding diaryl/α,β-unsaturated/α-hetero) is 1. The summed E-state index contributed by atoms with van der Waals surface area (Å²) in [5.41, 5.74) is 2.38. The number of likely N-dealkylation sites (N-methyl/N-ethyl adjacent to an activating group) is 1. The molecule has 0 fully saturated rings. The van der Waals surface area contributed by atoms with E-state index in [1.165, 1.54) is 24.9 Å². The van der Waals surface area contributed by atoms with Gasteiger partial charge in [-0.25, -0.2) is 4.98 Å². The number of aryl methyl sites for hydroxylation is 2. The summed E-state index contributed by atoms with van der Waals surface area (Å²) >= 11 is 0. The van der Waals surface area contributed by atoms with Crippen LogP contribution in [0.1, 0.15) is 49.6 Å². The molecule has 0 spiro atoms. The first-order chi connectivity index (χ1) is 17.8. The Kier molecular flexibility index (Phi) is 10.1. The Balaban J connectivity index is 1.58. The molecule has 0 bridgehead atoms. The number of hydrogen-bond acceptors (Lipinski definition) is 8. The van der Waals surface area contributed by atoms with Crippen molar-refractivity contribution in [3.05, 3.63) is 46.4 Å². The Bertz CT molecular complexity index is 1190. The Morgan fingerprint density at radius 3 is 2.81 bits per heavy atom. The van der Waals surface area contributed by atoms with Crippen LogP contribution in [0.25, 0.3) is 0 Å². The van der Waals surface area contributed by atoms with Crippen molar-refractivity contribution in [1.82, 2.24) is 19.8 Å². The van der Waals surface area contributed by atoms with E-state index in [-0.39, 0.29) is 29.7 Å². The third-order valence-electron chi connectivity index (χ3n) is 6.51. The summed E-state index contributed by atoms with van der Waals surface area (Å²) in [6.45, 7) is 3.82. The second kappa shape index (κ2) is 13.5. The monoisotopic (exact) mass is 509 g/mol. The maximum absolute atomic E-state index is 12.4. The summed E-state index contributed by atoms with van der Waals surface area (Å²) in [6, 6.07) is 5.51. The molecule has 198 valence electrons. The van der Waals surface area contributed by atoms with Crippen LogP contribution in [0, 0.1) is 16.2 Å². The van der Waals surface area contributed by atoms with Crippen molar-refractivity contribution in [2.45, 2.75) is 51.5 Å². The van der Waals surface area contributed by atoms with Gasteiger partial charge in [0.2, 0.25) is 11.6 Å². The summed E-state index contributed by atoms with van der Waals surface area (Å²) in [5.74, 6) is 0.836. The molecule has 0 saturated heterocycles. The van der Waals surface area contributed by atoms with Crippen molar-refractivity contribution in [1.29, 1.82) is 5.26 Å². The van der Waals surface area contributed by atoms with Crippen LogP contribution < -0.4 is 15.1 Å². The predicted molar refractivity (Wildman–Crippen MR) is 141 cm³/mol. The predicted octanol–water partition coefficient (Wildman–Crippen LogP) is 1.73. The van der Waals surface area contributed by atoms with Crippen LogP contribution in [-0.2, 0) is 22.4 Å². The number of nitrogens with zero attached hydrogens (tertiary/aromatic N) is 5. The first kappa shape index (κ1) is 27.8. The number of hydrogen-bond donors (Lipinski definition) is 3. The number of carbonyl (C=O) groups is 2. The van der Waals surface area contributed by atoms with Gasteiger partial charge in [0.1, 0.15) is 11.9 Å². The SMILES string of the molecule is CC(=O)[C@H](CCN(CCCCc1ccc2c(n1)NCCC2)CC(=O)N(C)C)Nc1c(C#N)[nH]cc[n+]1=O. The molecule has 0 saturated carbocycles. The zero-order valence-electron chi connectivity index (χ0n) is 21.9. The topological polar surface area (TPSA) is 140 Å². The Labute approximate surface area is 217 Å². The number of aromatic amines is 1. The van der Waals surface area contributed by atoms with E-state index in [9.17, 15) is 19.8 Å². The van der Waals surface area contributed by atoms with Gasteiger partial charge in [-0.1, -0.05) is 11.0 Å². The molecular weight excluding hydrogens is 472 g/mol. The number of anilines is 2. The molecule has 11 nitrogen and oxygen atoms in total. The summed E-state index contributed by atoms with van der Waals surface area (Å²) in [7, 11) is 3.44. The number of aromatic nitrogens is 3. The highest BCUT2D eigenvalue weighted by atomic mass is 16.3. The van der Waals surface area contributed by atoms with Crippen LogP contribution in [0.4, 0.5) is 11.6 Å². The minimum Gasteiger partial charge on any atom is -0.370 e. The van der Waals surface area contributed by atoms with Crippen LogP contribution in [0.5, 0.6) is 0 Å². The number of ketones is 1. The molecule has 1 amide bonds. The lowest BCUT2D eigenvalue weighted by Gasteiger charge is -2.24. The highest BCUT2D eigenvalue weighted by Crippen LogP contribution is 2.20. The number of pyridine rings is 1. The molecular formula is C26H37N8O3+. The number of nitrogens with one attached hydrogen (secondary N) is 3. The van der Waals surface area contributed by atoms with Gasteiger partial charge in [-0.05, 0) is 57.2 Å². The first-order valence-corrected chi connectivity index (χ1v) is 12.7. The molecule has 1 aliphatic heterocycles. The fourth-order valence-electron chi connectivity index (χ4n) is 4.27. The summed E-state index contributed by atoms with van der Waals surface area (Å²) in [6.07, 6.45) is 7.83. The van der Waals surface area contributed by atoms with Gasteiger partial charge in [0.05, 0.1) is 6.54 Å². The van der Waals surface area contributed by atoms with E-state index in [1.807, 2.05) is 11.0 Å². The highest BCUT2D eigenvalue weighted by molar-refractivity contribution is 5.84. The van der Waals surface area contributed by atoms with E-state index in [2.05, 4.69) is 27.8 Å². The molecule has 2 aromatic rings. The molecule has 1 aliphatic rings. The maximum Gasteiger partial charge on any atom is 0.354 e. The van der Waals surface area contributed by atoms with Gasteiger partial charge in [-0.15, -0.1) is 0 Å². The molecule has 37 heavy (non-hydrogen) atoms. The number of unbranched alkanes of at least 4 members (excludes halogenated alkanes) is 1. The van der Waals surface area contributed by atoms with Crippen LogP contribution >= 0.6 is 0 Å². The van der Waals surface area contributed by atoms with Gasteiger partial charge in [0.25, 0.3) is 0 Å². The maximum atomic E-state index is 12.4. The largest absolute Gasteiger partial charge is 0.370 e. The summed E-state index contributed by atoms with van der Waals surface area (Å²) in [5, 5.41) is 15.6. The molecule has 3 rings (SSSR count). The molecule has 3 heterocycles. The summed E-state index contributed by atoms with van der Waals surface area (Å²) in [4.78, 5) is 48.0. The minimum atomic E-state index is -0.674. The highest BCUT2D eigenvalue weighted by Gasteiger charge is 2.26. The Morgan fingerprint density at radius 1 is 1.27 bits per heavy atom. The zero-order valence-corrected chi connectivity index (χ0v) is 21.9. The fourth-order valence-corrected chi connectivity index (χ4v) is 4.27. The van der Waals surface area contributed by atoms with Gasteiger partial charge >= 0.3 is 5.82 Å². The van der Waals surface area contributed by atoms with E-state index >= 15 is 0 Å². The average Bonchev–Trinajstić information content (AvgIpc) is 2.88. The number of fused-ring (bicyclic) bond motifs is 1. The second-order valence-electron chi connectivity index (χ2n) is 9.58. The number of amides is 1. The molecule has 2 aromatic heterocycles. The van der Waals surface area contributed by atoms with Gasteiger partial charge in [-0.2, -0.15) is 5.26 Å². The number of carbonyl (C=O) groups excluding carboxylic acids is 2. The lowest BCUT2D eigenvalue weighted by molar-refractivity contribution is -0.479. The van der Waals surface area contributed by atoms with Gasteiger partial charge in [0.15, 0.2) is 18.0 Å². The smallest absolute Gasteiger partial charge is 0.354 e. The molecule has 3 N–H and O–H groups in total. The Hall–Kier alpha value is -3.78. The van der Waals surface area contributed by atoms with Crippen molar-refractivity contribution < 1.29 is 14.0 Å². The number of nitriles is 1. The van der Waals surface area contributed by atoms with Crippen LogP contribution in [0.15, 0.2) is 24.5 Å². The van der Waals surface area contributed by atoms with E-state index in [1.54, 1.807) is 19.0 Å². The zero-order chi connectivity index (χ0) is 26.8. The van der Waals surface area contributed by atoms with Crippen molar-refractivity contribution in [3.8, 4) is 6.07 Å². The Morgan fingerprint density at radius 2 is 2.08 bits per heavy atom. The average molecular weight is 510 g/mol. The molecule has 0 radical (unpaired) electrons. The normalized spacial score (nSPS) is 13.3. The van der Waals surface area contributed by atoms with Crippen molar-refractivity contribution in [3.63, 3.8) is 0 Å². The van der Waals surface area contributed by atoms with Crippen LogP contribution in [-0.4, -0.2) is 77.8 Å². The van der Waals surface area contributed by atoms with Gasteiger partial charge in [-0.3, -0.25) is 19.8 Å². The van der Waals surface area contributed by atoms with E-state index in [0.717, 1.165) is 50.2 Å². The van der Waals surface area contributed by atoms with Crippen LogP contribution in [0.2, 0.25) is 0 Å². The van der Waals surface area contributed by atoms with E-state index in [4.69, 9.17) is 4.98 Å². The van der Waals surface area contributed by atoms with Gasteiger partial charge in [0, 0.05) is 49.9 Å². The molecule has 0 unspecified atom stereocenters. The third kappa shape index (κ3) is 8.11. The summed E-state index contributed by atoms with van der Waals surface area (Å²) < 4.78 is 0.530. The first-order valence-electron chi connectivity index (χ1n) is 12.7. The van der Waals surface area contributed by atoms with Crippen LogP contribution in [0.3, 0.4) is 0 Å². The lowest BCUT2D eigenvalue weighted by atomic mass is 10.1. The quantitative estimate of drug-likeness (QED) is 0.274.